The lowest BCUT2D eigenvalue weighted by molar-refractivity contribution is -0.123. The predicted molar refractivity (Wildman–Crippen MR) is 104 cm³/mol. The molecule has 0 bridgehead atoms. The molecule has 0 saturated carbocycles. The SMILES string of the molecule is Cc1ccc(OCC(=O)NNC(=O)c2cccc(OCC(C)C)c2)cc1C. The van der Waals surface area contributed by atoms with E-state index in [0.717, 1.165) is 11.1 Å². The molecule has 0 saturated heterocycles. The molecule has 27 heavy (non-hydrogen) atoms. The van der Waals surface area contributed by atoms with E-state index in [2.05, 4.69) is 10.9 Å². The summed E-state index contributed by atoms with van der Waals surface area (Å²) in [6, 6.07) is 12.4. The Balaban J connectivity index is 1.81. The van der Waals surface area contributed by atoms with Crippen LogP contribution in [0.15, 0.2) is 42.5 Å². The average molecular weight is 370 g/mol. The first-order valence-electron chi connectivity index (χ1n) is 8.87. The molecule has 0 radical (unpaired) electrons. The van der Waals surface area contributed by atoms with Crippen molar-refractivity contribution in [2.75, 3.05) is 13.2 Å². The van der Waals surface area contributed by atoms with Crippen molar-refractivity contribution in [2.45, 2.75) is 27.7 Å². The molecule has 0 aromatic heterocycles. The van der Waals surface area contributed by atoms with Gasteiger partial charge in [0.1, 0.15) is 11.5 Å². The Labute approximate surface area is 159 Å². The van der Waals surface area contributed by atoms with Gasteiger partial charge in [0.2, 0.25) is 0 Å². The fourth-order valence-electron chi connectivity index (χ4n) is 2.18. The van der Waals surface area contributed by atoms with Gasteiger partial charge in [-0.2, -0.15) is 0 Å². The zero-order valence-electron chi connectivity index (χ0n) is 16.2. The van der Waals surface area contributed by atoms with Gasteiger partial charge in [-0.25, -0.2) is 0 Å². The molecule has 0 aliphatic rings. The van der Waals surface area contributed by atoms with Crippen LogP contribution in [0.25, 0.3) is 0 Å². The van der Waals surface area contributed by atoms with E-state index < -0.39 is 11.8 Å². The summed E-state index contributed by atoms with van der Waals surface area (Å²) in [5.41, 5.74) is 7.35. The van der Waals surface area contributed by atoms with Crippen molar-refractivity contribution < 1.29 is 19.1 Å². The molecule has 6 nitrogen and oxygen atoms in total. The van der Waals surface area contributed by atoms with Gasteiger partial charge in [-0.15, -0.1) is 0 Å². The van der Waals surface area contributed by atoms with Gasteiger partial charge in [0.15, 0.2) is 6.61 Å². The van der Waals surface area contributed by atoms with Crippen LogP contribution in [0.3, 0.4) is 0 Å². The fraction of sp³-hybridized carbons (Fsp3) is 0.333. The second-order valence-electron chi connectivity index (χ2n) is 6.77. The van der Waals surface area contributed by atoms with E-state index in [4.69, 9.17) is 9.47 Å². The second-order valence-corrected chi connectivity index (χ2v) is 6.77. The lowest BCUT2D eigenvalue weighted by Gasteiger charge is -2.11. The van der Waals surface area contributed by atoms with E-state index in [9.17, 15) is 9.59 Å². The highest BCUT2D eigenvalue weighted by Crippen LogP contribution is 2.16. The third kappa shape index (κ3) is 6.66. The van der Waals surface area contributed by atoms with Crippen LogP contribution in [0.1, 0.15) is 35.3 Å². The van der Waals surface area contributed by atoms with E-state index in [1.807, 2.05) is 39.8 Å². The number of carbonyl (C=O) groups is 2. The molecule has 2 amide bonds. The molecule has 2 aromatic rings. The summed E-state index contributed by atoms with van der Waals surface area (Å²) < 4.78 is 11.0. The van der Waals surface area contributed by atoms with Crippen molar-refractivity contribution >= 4 is 11.8 Å². The smallest absolute Gasteiger partial charge is 0.276 e. The molecule has 0 heterocycles. The van der Waals surface area contributed by atoms with Crippen LogP contribution in [-0.4, -0.2) is 25.0 Å². The largest absolute Gasteiger partial charge is 0.493 e. The molecule has 144 valence electrons. The zero-order valence-corrected chi connectivity index (χ0v) is 16.2. The summed E-state index contributed by atoms with van der Waals surface area (Å²) in [5, 5.41) is 0. The molecule has 0 aliphatic carbocycles. The minimum Gasteiger partial charge on any atom is -0.493 e. The standard InChI is InChI=1S/C21H26N2O4/c1-14(2)12-26-18-7-5-6-17(11-18)21(25)23-22-20(24)13-27-19-9-8-15(3)16(4)10-19/h5-11,14H,12-13H2,1-4H3,(H,22,24)(H,23,25). The monoisotopic (exact) mass is 370 g/mol. The summed E-state index contributed by atoms with van der Waals surface area (Å²) >= 11 is 0. The topological polar surface area (TPSA) is 76.7 Å². The van der Waals surface area contributed by atoms with Gasteiger partial charge in [0.05, 0.1) is 6.61 Å². The highest BCUT2D eigenvalue weighted by molar-refractivity contribution is 5.95. The first-order chi connectivity index (χ1) is 12.8. The van der Waals surface area contributed by atoms with Crippen LogP contribution in [0.4, 0.5) is 0 Å². The molecule has 0 aliphatic heterocycles. The van der Waals surface area contributed by atoms with E-state index >= 15 is 0 Å². The Bertz CT molecular complexity index is 803. The summed E-state index contributed by atoms with van der Waals surface area (Å²) in [6.07, 6.45) is 0. The third-order valence-electron chi connectivity index (χ3n) is 3.84. The van der Waals surface area contributed by atoms with E-state index in [-0.39, 0.29) is 6.61 Å². The quantitative estimate of drug-likeness (QED) is 0.734. The molecule has 0 atom stereocenters. The number of aryl methyl sites for hydroxylation is 2. The second kappa shape index (κ2) is 9.62. The molecule has 2 rings (SSSR count). The van der Waals surface area contributed by atoms with Crippen molar-refractivity contribution in [1.29, 1.82) is 0 Å². The van der Waals surface area contributed by atoms with Crippen molar-refractivity contribution in [3.05, 3.63) is 59.2 Å². The van der Waals surface area contributed by atoms with E-state index in [1.165, 1.54) is 0 Å². The zero-order chi connectivity index (χ0) is 19.8. The maximum absolute atomic E-state index is 12.2. The maximum atomic E-state index is 12.2. The van der Waals surface area contributed by atoms with Gasteiger partial charge in [0, 0.05) is 5.56 Å². The molecule has 2 N–H and O–H groups in total. The van der Waals surface area contributed by atoms with Gasteiger partial charge in [-0.05, 0) is 61.2 Å². The van der Waals surface area contributed by atoms with Crippen LogP contribution in [0.5, 0.6) is 11.5 Å². The normalized spacial score (nSPS) is 10.4. The Hall–Kier alpha value is -3.02. The lowest BCUT2D eigenvalue weighted by atomic mass is 10.1. The Morgan fingerprint density at radius 1 is 0.926 bits per heavy atom. The number of hydrazine groups is 1. The van der Waals surface area contributed by atoms with Gasteiger partial charge < -0.3 is 9.47 Å². The van der Waals surface area contributed by atoms with E-state index in [1.54, 1.807) is 30.3 Å². The van der Waals surface area contributed by atoms with Gasteiger partial charge in [-0.3, -0.25) is 20.4 Å². The molecule has 0 unspecified atom stereocenters. The van der Waals surface area contributed by atoms with Crippen LogP contribution in [-0.2, 0) is 4.79 Å². The van der Waals surface area contributed by atoms with Gasteiger partial charge >= 0.3 is 0 Å². The average Bonchev–Trinajstić information content (AvgIpc) is 2.65. The Kier molecular flexibility index (Phi) is 7.23. The lowest BCUT2D eigenvalue weighted by Crippen LogP contribution is -2.43. The van der Waals surface area contributed by atoms with Crippen LogP contribution < -0.4 is 20.3 Å². The number of rotatable bonds is 7. The number of carbonyl (C=O) groups excluding carboxylic acids is 2. The highest BCUT2D eigenvalue weighted by atomic mass is 16.5. The number of amides is 2. The van der Waals surface area contributed by atoms with Gasteiger partial charge in [0.25, 0.3) is 11.8 Å². The van der Waals surface area contributed by atoms with E-state index in [0.29, 0.717) is 29.6 Å². The maximum Gasteiger partial charge on any atom is 0.276 e. The highest BCUT2D eigenvalue weighted by Gasteiger charge is 2.09. The minimum absolute atomic E-state index is 0.194. The summed E-state index contributed by atoms with van der Waals surface area (Å²) in [7, 11) is 0. The summed E-state index contributed by atoms with van der Waals surface area (Å²) in [6.45, 7) is 8.45. The van der Waals surface area contributed by atoms with Crippen LogP contribution >= 0.6 is 0 Å². The third-order valence-corrected chi connectivity index (χ3v) is 3.84. The van der Waals surface area contributed by atoms with Crippen molar-refractivity contribution in [1.82, 2.24) is 10.9 Å². The number of nitrogens with one attached hydrogen (secondary N) is 2. The van der Waals surface area contributed by atoms with Crippen molar-refractivity contribution in [2.24, 2.45) is 5.92 Å². The molecular formula is C21H26N2O4. The number of benzene rings is 2. The number of hydrogen-bond acceptors (Lipinski definition) is 4. The Morgan fingerprint density at radius 3 is 2.37 bits per heavy atom. The Morgan fingerprint density at radius 2 is 1.67 bits per heavy atom. The fourth-order valence-corrected chi connectivity index (χ4v) is 2.18. The van der Waals surface area contributed by atoms with Crippen LogP contribution in [0, 0.1) is 19.8 Å². The molecular weight excluding hydrogens is 344 g/mol. The summed E-state index contributed by atoms with van der Waals surface area (Å²) in [4.78, 5) is 24.0. The first kappa shape index (κ1) is 20.3. The summed E-state index contributed by atoms with van der Waals surface area (Å²) in [5.74, 6) is 0.729. The van der Waals surface area contributed by atoms with Gasteiger partial charge in [-0.1, -0.05) is 26.0 Å². The minimum atomic E-state index is -0.450. The molecule has 2 aromatic carbocycles. The van der Waals surface area contributed by atoms with Crippen LogP contribution in [0.2, 0.25) is 0 Å². The molecule has 0 spiro atoms. The number of ether oxygens (including phenoxy) is 2. The first-order valence-corrected chi connectivity index (χ1v) is 8.87. The van der Waals surface area contributed by atoms with Crippen molar-refractivity contribution in [3.8, 4) is 11.5 Å². The predicted octanol–water partition coefficient (Wildman–Crippen LogP) is 3.18. The molecule has 6 heteroatoms. The number of hydrogen-bond donors (Lipinski definition) is 2. The molecule has 0 fully saturated rings. The van der Waals surface area contributed by atoms with Crippen molar-refractivity contribution in [3.63, 3.8) is 0 Å².